The molecule has 1 aromatic rings. The molecule has 20 heavy (non-hydrogen) atoms. The van der Waals surface area contributed by atoms with E-state index in [1.165, 1.54) is 0 Å². The molecule has 0 aliphatic carbocycles. The van der Waals surface area contributed by atoms with E-state index in [9.17, 15) is 14.2 Å². The molecule has 7 nitrogen and oxygen atoms in total. The van der Waals surface area contributed by atoms with Gasteiger partial charge in [-0.2, -0.15) is 0 Å². The molecule has 0 radical (unpaired) electrons. The zero-order valence-corrected chi connectivity index (χ0v) is 11.8. The molecule has 1 aliphatic rings. The number of carbonyl (C=O) groups is 2. The zero-order valence-electron chi connectivity index (χ0n) is 10.8. The van der Waals surface area contributed by atoms with Gasteiger partial charge in [-0.05, 0) is 25.0 Å². The highest BCUT2D eigenvalue weighted by Gasteiger charge is 2.45. The number of amides is 2. The highest BCUT2D eigenvalue weighted by molar-refractivity contribution is 7.46. The van der Waals surface area contributed by atoms with Crippen molar-refractivity contribution in [1.29, 1.82) is 0 Å². The highest BCUT2D eigenvalue weighted by Crippen LogP contribution is 2.38. The highest BCUT2D eigenvalue weighted by atomic mass is 31.1. The average molecular weight is 296 g/mol. The molecule has 108 valence electrons. The van der Waals surface area contributed by atoms with Crippen molar-refractivity contribution in [3.05, 3.63) is 35.9 Å². The largest absolute Gasteiger partial charge is 0.310 e. The summed E-state index contributed by atoms with van der Waals surface area (Å²) in [5.74, 6) is 4.39. The minimum atomic E-state index is -2.86. The third kappa shape index (κ3) is 2.75. The molecule has 1 heterocycles. The first-order valence-electron chi connectivity index (χ1n) is 6.21. The van der Waals surface area contributed by atoms with Gasteiger partial charge in [-0.1, -0.05) is 18.2 Å². The van der Waals surface area contributed by atoms with E-state index >= 15 is 0 Å². The van der Waals surface area contributed by atoms with Gasteiger partial charge in [-0.15, -0.1) is 0 Å². The van der Waals surface area contributed by atoms with Crippen molar-refractivity contribution in [3.8, 4) is 0 Å². The number of rotatable bonds is 3. The van der Waals surface area contributed by atoms with E-state index in [1.54, 1.807) is 30.3 Å². The molecule has 1 saturated heterocycles. The molecule has 2 atom stereocenters. The minimum Gasteiger partial charge on any atom is -0.310 e. The van der Waals surface area contributed by atoms with Crippen molar-refractivity contribution in [1.82, 2.24) is 10.1 Å². The van der Waals surface area contributed by atoms with E-state index in [4.69, 9.17) is 11.6 Å². The number of hydrogen-bond acceptors (Lipinski definition) is 5. The fourth-order valence-electron chi connectivity index (χ4n) is 2.08. The average Bonchev–Trinajstić information content (AvgIpc) is 2.45. The third-order valence-corrected chi connectivity index (χ3v) is 5.01. The van der Waals surface area contributed by atoms with Gasteiger partial charge in [-0.3, -0.25) is 14.6 Å². The first kappa shape index (κ1) is 14.7. The Labute approximate surface area is 117 Å². The van der Waals surface area contributed by atoms with Crippen LogP contribution in [0.3, 0.4) is 0 Å². The molecule has 0 aromatic heterocycles. The number of carbonyl (C=O) groups excluding carboxylic acids is 2. The summed E-state index contributed by atoms with van der Waals surface area (Å²) in [7, 11) is -2.86. The van der Waals surface area contributed by atoms with Gasteiger partial charge in [0, 0.05) is 12.1 Å². The summed E-state index contributed by atoms with van der Waals surface area (Å²) in [6.45, 7) is 0.375. The second-order valence-corrected chi connectivity index (χ2v) is 6.52. The Balaban J connectivity index is 2.12. The van der Waals surface area contributed by atoms with Crippen LogP contribution >= 0.6 is 7.95 Å². The van der Waals surface area contributed by atoms with Crippen LogP contribution in [0.1, 0.15) is 23.2 Å². The molecule has 1 fully saturated rings. The zero-order chi connectivity index (χ0) is 14.8. The van der Waals surface area contributed by atoms with Gasteiger partial charge in [-0.25, -0.2) is 5.84 Å². The summed E-state index contributed by atoms with van der Waals surface area (Å²) in [6.07, 6.45) is 0.794. The van der Waals surface area contributed by atoms with Crippen LogP contribution in [-0.4, -0.2) is 28.6 Å². The van der Waals surface area contributed by atoms with E-state index in [0.717, 1.165) is 5.01 Å². The predicted octanol–water partition coefficient (Wildman–Crippen LogP) is 0.0422. The van der Waals surface area contributed by atoms with E-state index in [1.807, 2.05) is 0 Å². The Morgan fingerprint density at radius 2 is 2.00 bits per heavy atom. The maximum atomic E-state index is 12.3. The Bertz CT molecular complexity index is 551. The molecule has 5 N–H and O–H groups in total. The molecule has 8 heteroatoms. The number of nitrogens with zero attached hydrogens (tertiary/aromatic N) is 1. The predicted molar refractivity (Wildman–Crippen MR) is 75.0 cm³/mol. The number of nitrogens with two attached hydrogens (primary N) is 2. The second kappa shape index (κ2) is 5.75. The Morgan fingerprint density at radius 3 is 2.65 bits per heavy atom. The lowest BCUT2D eigenvalue weighted by molar-refractivity contribution is -0.136. The summed E-state index contributed by atoms with van der Waals surface area (Å²) < 4.78 is 12.3. The fraction of sp³-hybridized carbons (Fsp3) is 0.333. The SMILES string of the molecule is NN1CCC[C@](N)([PH](=O)NC(=O)c2ccccc2)C1=O. The van der Waals surface area contributed by atoms with Crippen molar-refractivity contribution in [3.63, 3.8) is 0 Å². The number of hydrogen-bond donors (Lipinski definition) is 3. The van der Waals surface area contributed by atoms with Gasteiger partial charge in [0.15, 0.2) is 13.2 Å². The number of benzene rings is 1. The van der Waals surface area contributed by atoms with Crippen LogP contribution in [0.25, 0.3) is 0 Å². The topological polar surface area (TPSA) is 119 Å². The summed E-state index contributed by atoms with van der Waals surface area (Å²) >= 11 is 0. The molecule has 1 aromatic carbocycles. The maximum absolute atomic E-state index is 12.3. The number of hydrazine groups is 1. The van der Waals surface area contributed by atoms with E-state index in [0.29, 0.717) is 18.5 Å². The van der Waals surface area contributed by atoms with E-state index in [2.05, 4.69) is 5.09 Å². The third-order valence-electron chi connectivity index (χ3n) is 3.28. The minimum absolute atomic E-state index is 0.242. The summed E-state index contributed by atoms with van der Waals surface area (Å²) in [5.41, 5.74) is 6.27. The molecule has 1 unspecified atom stereocenters. The Hall–Kier alpha value is -1.69. The smallest absolute Gasteiger partial charge is 0.265 e. The van der Waals surface area contributed by atoms with Crippen LogP contribution in [-0.2, 0) is 9.36 Å². The Morgan fingerprint density at radius 1 is 1.35 bits per heavy atom. The van der Waals surface area contributed by atoms with Gasteiger partial charge in [0.1, 0.15) is 0 Å². The lowest BCUT2D eigenvalue weighted by Gasteiger charge is -2.35. The number of piperidine rings is 1. The van der Waals surface area contributed by atoms with Crippen molar-refractivity contribution in [2.45, 2.75) is 18.1 Å². The normalized spacial score (nSPS) is 24.3. The van der Waals surface area contributed by atoms with Crippen molar-refractivity contribution >= 4 is 19.8 Å². The molecule has 0 saturated carbocycles. The van der Waals surface area contributed by atoms with Gasteiger partial charge in [0.25, 0.3) is 11.8 Å². The number of nitrogens with one attached hydrogen (secondary N) is 1. The summed E-state index contributed by atoms with van der Waals surface area (Å²) in [6, 6.07) is 8.33. The van der Waals surface area contributed by atoms with Gasteiger partial charge in [0.05, 0.1) is 0 Å². The first-order chi connectivity index (χ1) is 9.45. The molecule has 2 amide bonds. The summed E-state index contributed by atoms with van der Waals surface area (Å²) in [5, 5.41) is 1.70. The standard InChI is InChI=1S/C12H17N4O3P/c13-12(7-4-8-16(14)11(12)18)20(19)15-10(17)9-5-2-1-3-6-9/h1-3,5-6,20H,4,7-8,13-14H2,(H,15,17,19)/t12-/m0/s1. The van der Waals surface area contributed by atoms with Gasteiger partial charge >= 0.3 is 0 Å². The van der Waals surface area contributed by atoms with Crippen LogP contribution < -0.4 is 16.7 Å². The molecule has 0 bridgehead atoms. The second-order valence-electron chi connectivity index (χ2n) is 4.72. The Kier molecular flexibility index (Phi) is 4.23. The lowest BCUT2D eigenvalue weighted by atomic mass is 10.1. The lowest BCUT2D eigenvalue weighted by Crippen LogP contribution is -2.60. The fourth-order valence-corrected chi connectivity index (χ4v) is 3.40. The molecular weight excluding hydrogens is 279 g/mol. The van der Waals surface area contributed by atoms with Gasteiger partial charge < -0.3 is 15.4 Å². The maximum Gasteiger partial charge on any atom is 0.265 e. The van der Waals surface area contributed by atoms with E-state index in [-0.39, 0.29) is 6.42 Å². The van der Waals surface area contributed by atoms with E-state index < -0.39 is 25.0 Å². The quantitative estimate of drug-likeness (QED) is 0.413. The van der Waals surface area contributed by atoms with Crippen molar-refractivity contribution in [2.24, 2.45) is 11.6 Å². The molecule has 1 aliphatic heterocycles. The first-order valence-corrected chi connectivity index (χ1v) is 7.62. The van der Waals surface area contributed by atoms with Gasteiger partial charge in [0.2, 0.25) is 0 Å². The van der Waals surface area contributed by atoms with Crippen LogP contribution in [0.15, 0.2) is 30.3 Å². The van der Waals surface area contributed by atoms with Crippen LogP contribution in [0.2, 0.25) is 0 Å². The van der Waals surface area contributed by atoms with Crippen LogP contribution in [0.5, 0.6) is 0 Å². The molecule has 0 spiro atoms. The monoisotopic (exact) mass is 296 g/mol. The molecule has 2 rings (SSSR count). The summed E-state index contributed by atoms with van der Waals surface area (Å²) in [4.78, 5) is 23.9. The van der Waals surface area contributed by atoms with Crippen LogP contribution in [0, 0.1) is 0 Å². The molecular formula is C12H17N4O3P. The van der Waals surface area contributed by atoms with Crippen molar-refractivity contribution < 1.29 is 14.2 Å². The van der Waals surface area contributed by atoms with Crippen LogP contribution in [0.4, 0.5) is 0 Å². The van der Waals surface area contributed by atoms with Crippen molar-refractivity contribution in [2.75, 3.05) is 6.54 Å².